The topological polar surface area (TPSA) is 72.9 Å². The quantitative estimate of drug-likeness (QED) is 0.646. The van der Waals surface area contributed by atoms with Crippen LogP contribution in [0.4, 0.5) is 11.4 Å². The molecule has 0 bridgehead atoms. The maximum absolute atomic E-state index is 13.6. The number of nitrogens with zero attached hydrogens (tertiary/aromatic N) is 2. The first-order valence-corrected chi connectivity index (χ1v) is 11.6. The molecule has 0 saturated heterocycles. The zero-order chi connectivity index (χ0) is 24.7. The summed E-state index contributed by atoms with van der Waals surface area (Å²) in [6.45, 7) is 11.8. The number of rotatable bonds is 5. The molecule has 1 aliphatic heterocycles. The fourth-order valence-corrected chi connectivity index (χ4v) is 4.25. The first-order valence-electron chi connectivity index (χ1n) is 11.6. The fraction of sp³-hybridized carbons (Fsp3) is 0.481. The van der Waals surface area contributed by atoms with Crippen molar-refractivity contribution in [3.05, 3.63) is 52.1 Å². The van der Waals surface area contributed by atoms with E-state index in [1.165, 1.54) is 0 Å². The Morgan fingerprint density at radius 2 is 1.79 bits per heavy atom. The highest BCUT2D eigenvalue weighted by Crippen LogP contribution is 2.34. The van der Waals surface area contributed by atoms with Gasteiger partial charge in [0.2, 0.25) is 11.8 Å². The summed E-state index contributed by atoms with van der Waals surface area (Å²) in [4.78, 5) is 30.9. The van der Waals surface area contributed by atoms with Gasteiger partial charge in [-0.2, -0.15) is 0 Å². The average molecular weight is 452 g/mol. The highest BCUT2D eigenvalue weighted by Gasteiger charge is 2.40. The molecule has 0 unspecified atom stereocenters. The van der Waals surface area contributed by atoms with E-state index in [4.69, 9.17) is 0 Å². The number of hydrogen-bond donors (Lipinski definition) is 2. The maximum Gasteiger partial charge on any atom is 0.247 e. The molecule has 2 aromatic carbocycles. The zero-order valence-corrected chi connectivity index (χ0v) is 21.2. The summed E-state index contributed by atoms with van der Waals surface area (Å²) in [5.74, 6) is 0.0290. The van der Waals surface area contributed by atoms with Gasteiger partial charge in [-0.25, -0.2) is 0 Å². The van der Waals surface area contributed by atoms with E-state index in [2.05, 4.69) is 23.5 Å². The molecule has 0 aliphatic carbocycles. The molecule has 1 heterocycles. The highest BCUT2D eigenvalue weighted by atomic mass is 16.3. The molecule has 6 nitrogen and oxygen atoms in total. The lowest BCUT2D eigenvalue weighted by Gasteiger charge is -2.40. The van der Waals surface area contributed by atoms with E-state index < -0.39 is 11.5 Å². The predicted molar refractivity (Wildman–Crippen MR) is 134 cm³/mol. The van der Waals surface area contributed by atoms with Crippen LogP contribution in [-0.2, 0) is 22.6 Å². The lowest BCUT2D eigenvalue weighted by atomic mass is 9.85. The molecule has 1 atom stereocenters. The first kappa shape index (κ1) is 24.6. The van der Waals surface area contributed by atoms with Gasteiger partial charge in [-0.3, -0.25) is 9.59 Å². The van der Waals surface area contributed by atoms with Crippen molar-refractivity contribution in [2.24, 2.45) is 5.41 Å². The third kappa shape index (κ3) is 4.70. The third-order valence-electron chi connectivity index (χ3n) is 7.18. The molecular weight excluding hydrogens is 414 g/mol. The minimum atomic E-state index is -0.602. The van der Waals surface area contributed by atoms with E-state index in [0.29, 0.717) is 30.6 Å². The number of fused-ring (bicyclic) bond motifs is 1. The number of anilines is 2. The lowest BCUT2D eigenvalue weighted by molar-refractivity contribution is -0.147. The largest absolute Gasteiger partial charge is 0.507 e. The van der Waals surface area contributed by atoms with E-state index in [1.807, 2.05) is 60.5 Å². The van der Waals surface area contributed by atoms with Crippen LogP contribution >= 0.6 is 0 Å². The average Bonchev–Trinajstić information content (AvgIpc) is 2.79. The van der Waals surface area contributed by atoms with Crippen LogP contribution in [-0.4, -0.2) is 42.0 Å². The van der Waals surface area contributed by atoms with Crippen LogP contribution in [0.3, 0.4) is 0 Å². The summed E-state index contributed by atoms with van der Waals surface area (Å²) in [7, 11) is 3.99. The van der Waals surface area contributed by atoms with Gasteiger partial charge in [-0.1, -0.05) is 26.8 Å². The van der Waals surface area contributed by atoms with Crippen molar-refractivity contribution in [1.82, 2.24) is 4.90 Å². The minimum Gasteiger partial charge on any atom is -0.507 e. The van der Waals surface area contributed by atoms with Gasteiger partial charge in [-0.15, -0.1) is 0 Å². The normalized spacial score (nSPS) is 15.8. The molecule has 3 rings (SSSR count). The molecule has 2 aromatic rings. The monoisotopic (exact) mass is 451 g/mol. The van der Waals surface area contributed by atoms with Gasteiger partial charge in [0.25, 0.3) is 0 Å². The van der Waals surface area contributed by atoms with Crippen LogP contribution in [0.5, 0.6) is 5.75 Å². The van der Waals surface area contributed by atoms with Crippen molar-refractivity contribution in [2.45, 2.75) is 67.0 Å². The second-order valence-corrected chi connectivity index (χ2v) is 10.1. The van der Waals surface area contributed by atoms with E-state index in [-0.39, 0.29) is 17.6 Å². The number of benzene rings is 2. The van der Waals surface area contributed by atoms with E-state index in [9.17, 15) is 14.7 Å². The van der Waals surface area contributed by atoms with Gasteiger partial charge >= 0.3 is 0 Å². The lowest BCUT2D eigenvalue weighted by Crippen LogP contribution is -2.54. The summed E-state index contributed by atoms with van der Waals surface area (Å²) in [6.07, 6.45) is 1.16. The molecule has 2 N–H and O–H groups in total. The van der Waals surface area contributed by atoms with Gasteiger partial charge in [0.05, 0.1) is 0 Å². The number of carbonyl (C=O) groups is 2. The highest BCUT2D eigenvalue weighted by molar-refractivity contribution is 5.99. The number of aryl methyl sites for hydroxylation is 1. The second-order valence-electron chi connectivity index (χ2n) is 10.1. The molecule has 178 valence electrons. The molecule has 0 radical (unpaired) electrons. The molecule has 2 amide bonds. The van der Waals surface area contributed by atoms with Crippen molar-refractivity contribution >= 4 is 23.2 Å². The Hall–Kier alpha value is -3.02. The molecule has 33 heavy (non-hydrogen) atoms. The molecule has 6 heteroatoms. The van der Waals surface area contributed by atoms with Crippen LogP contribution in [0, 0.1) is 26.2 Å². The van der Waals surface area contributed by atoms with Crippen LogP contribution in [0.15, 0.2) is 24.3 Å². The molecular formula is C27H37N3O3. The standard InChI is InChI=1S/C27H37N3O3/c1-9-27(5,6)26(33)30-15-20-13-21(29(7)8)11-10-19(20)14-23(30)25(32)28-22-12-16(2)24(31)18(4)17(22)3/h10-13,23,31H,9,14-15H2,1-8H3,(H,28,32)/t23-/m1/s1. The summed E-state index contributed by atoms with van der Waals surface area (Å²) in [5.41, 5.74) is 5.64. The number of phenolic OH excluding ortho intramolecular Hbond substituents is 1. The van der Waals surface area contributed by atoms with Gasteiger partial charge in [0.1, 0.15) is 11.8 Å². The smallest absolute Gasteiger partial charge is 0.247 e. The van der Waals surface area contributed by atoms with Crippen molar-refractivity contribution in [1.29, 1.82) is 0 Å². The first-order chi connectivity index (χ1) is 15.4. The van der Waals surface area contributed by atoms with Crippen molar-refractivity contribution in [2.75, 3.05) is 24.3 Å². The van der Waals surface area contributed by atoms with Gasteiger partial charge in [0.15, 0.2) is 0 Å². The number of nitrogens with one attached hydrogen (secondary N) is 1. The summed E-state index contributed by atoms with van der Waals surface area (Å²) < 4.78 is 0. The molecule has 0 fully saturated rings. The number of phenols is 1. The molecule has 0 spiro atoms. The fourth-order valence-electron chi connectivity index (χ4n) is 4.25. The van der Waals surface area contributed by atoms with Gasteiger partial charge in [0, 0.05) is 43.9 Å². The van der Waals surface area contributed by atoms with Crippen molar-refractivity contribution in [3.8, 4) is 5.75 Å². The third-order valence-corrected chi connectivity index (χ3v) is 7.18. The molecule has 0 aromatic heterocycles. The molecule has 1 aliphatic rings. The Labute approximate surface area is 197 Å². The minimum absolute atomic E-state index is 0.0131. The van der Waals surface area contributed by atoms with Crippen LogP contribution in [0.2, 0.25) is 0 Å². The van der Waals surface area contributed by atoms with E-state index in [1.54, 1.807) is 11.0 Å². The van der Waals surface area contributed by atoms with Gasteiger partial charge in [-0.05, 0) is 73.2 Å². The number of hydrogen-bond acceptors (Lipinski definition) is 4. The summed E-state index contributed by atoms with van der Waals surface area (Å²) in [6, 6.07) is 7.42. The number of carbonyl (C=O) groups excluding carboxylic acids is 2. The summed E-state index contributed by atoms with van der Waals surface area (Å²) >= 11 is 0. The van der Waals surface area contributed by atoms with Crippen molar-refractivity contribution < 1.29 is 14.7 Å². The van der Waals surface area contributed by atoms with E-state index in [0.717, 1.165) is 27.9 Å². The van der Waals surface area contributed by atoms with Crippen molar-refractivity contribution in [3.63, 3.8) is 0 Å². The SMILES string of the molecule is CCC(C)(C)C(=O)N1Cc2cc(N(C)C)ccc2C[C@@H]1C(=O)Nc1cc(C)c(O)c(C)c1C. The predicted octanol–water partition coefficient (Wildman–Crippen LogP) is 4.71. The maximum atomic E-state index is 13.6. The van der Waals surface area contributed by atoms with Gasteiger partial charge < -0.3 is 20.2 Å². The Morgan fingerprint density at radius 3 is 2.39 bits per heavy atom. The summed E-state index contributed by atoms with van der Waals surface area (Å²) in [5, 5.41) is 13.3. The number of amides is 2. The van der Waals surface area contributed by atoms with E-state index >= 15 is 0 Å². The molecule has 0 saturated carbocycles. The zero-order valence-electron chi connectivity index (χ0n) is 21.2. The second kappa shape index (κ2) is 9.08. The Morgan fingerprint density at radius 1 is 1.12 bits per heavy atom. The Balaban J connectivity index is 2.00. The number of aromatic hydroxyl groups is 1. The Kier molecular flexibility index (Phi) is 6.78. The van der Waals surface area contributed by atoms with Crippen LogP contribution in [0.25, 0.3) is 0 Å². The van der Waals surface area contributed by atoms with Crippen LogP contribution < -0.4 is 10.2 Å². The Bertz CT molecular complexity index is 1090. The van der Waals surface area contributed by atoms with Crippen LogP contribution in [0.1, 0.15) is 55.0 Å².